The molecule has 1 saturated carbocycles. The first kappa shape index (κ1) is 9.16. The van der Waals surface area contributed by atoms with Gasteiger partial charge in [-0.25, -0.2) is 4.98 Å². The van der Waals surface area contributed by atoms with Gasteiger partial charge in [-0.15, -0.1) is 0 Å². The topological polar surface area (TPSA) is 30.7 Å². The highest BCUT2D eigenvalue weighted by Gasteiger charge is 2.19. The van der Waals surface area contributed by atoms with Crippen LogP contribution in [0.4, 0.5) is 0 Å². The van der Waals surface area contributed by atoms with Gasteiger partial charge in [-0.05, 0) is 12.8 Å². The highest BCUT2D eigenvalue weighted by molar-refractivity contribution is 6.29. The van der Waals surface area contributed by atoms with Gasteiger partial charge in [-0.3, -0.25) is 4.68 Å². The molecule has 4 heteroatoms. The van der Waals surface area contributed by atoms with E-state index in [2.05, 4.69) is 14.8 Å². The van der Waals surface area contributed by atoms with E-state index in [1.807, 2.05) is 12.3 Å². The zero-order valence-electron chi connectivity index (χ0n) is 8.36. The zero-order valence-corrected chi connectivity index (χ0v) is 9.11. The van der Waals surface area contributed by atoms with Crippen molar-refractivity contribution in [2.24, 2.45) is 0 Å². The van der Waals surface area contributed by atoms with Crippen molar-refractivity contribution in [3.63, 3.8) is 0 Å². The lowest BCUT2D eigenvalue weighted by Gasteiger charge is -2.10. The molecule has 3 nitrogen and oxygen atoms in total. The molecule has 78 valence electrons. The van der Waals surface area contributed by atoms with Gasteiger partial charge in [0, 0.05) is 17.6 Å². The zero-order chi connectivity index (χ0) is 10.3. The van der Waals surface area contributed by atoms with Gasteiger partial charge in [0.2, 0.25) is 0 Å². The van der Waals surface area contributed by atoms with E-state index < -0.39 is 0 Å². The second-order valence-corrected chi connectivity index (χ2v) is 4.48. The fourth-order valence-electron chi connectivity index (χ4n) is 2.36. The number of pyridine rings is 1. The fraction of sp³-hybridized carbons (Fsp3) is 0.455. The SMILES string of the molecule is Clc1cc2c(cn1)cnn2C1CCCC1. The van der Waals surface area contributed by atoms with Crippen LogP contribution in [0.3, 0.4) is 0 Å². The van der Waals surface area contributed by atoms with Crippen LogP contribution in [0.5, 0.6) is 0 Å². The van der Waals surface area contributed by atoms with Crippen LogP contribution in [0, 0.1) is 0 Å². The number of halogens is 1. The summed E-state index contributed by atoms with van der Waals surface area (Å²) in [6.07, 6.45) is 8.75. The van der Waals surface area contributed by atoms with Crippen molar-refractivity contribution in [2.45, 2.75) is 31.7 Å². The Bertz CT molecular complexity index is 486. The molecule has 0 N–H and O–H groups in total. The molecule has 0 atom stereocenters. The third-order valence-corrected chi connectivity index (χ3v) is 3.32. The molecule has 2 heterocycles. The Morgan fingerprint density at radius 1 is 1.27 bits per heavy atom. The summed E-state index contributed by atoms with van der Waals surface area (Å²) in [6, 6.07) is 2.46. The molecule has 0 amide bonds. The van der Waals surface area contributed by atoms with Crippen LogP contribution in [-0.4, -0.2) is 14.8 Å². The Balaban J connectivity index is 2.13. The van der Waals surface area contributed by atoms with Crippen LogP contribution in [0.2, 0.25) is 5.15 Å². The minimum absolute atomic E-state index is 0.544. The molecule has 0 radical (unpaired) electrons. The van der Waals surface area contributed by atoms with Crippen molar-refractivity contribution in [1.82, 2.24) is 14.8 Å². The number of rotatable bonds is 1. The molecule has 1 fully saturated rings. The quantitative estimate of drug-likeness (QED) is 0.693. The summed E-state index contributed by atoms with van der Waals surface area (Å²) in [7, 11) is 0. The maximum absolute atomic E-state index is 5.90. The molecular weight excluding hydrogens is 210 g/mol. The van der Waals surface area contributed by atoms with E-state index in [9.17, 15) is 0 Å². The largest absolute Gasteiger partial charge is 0.262 e. The van der Waals surface area contributed by atoms with Crippen LogP contribution in [0.15, 0.2) is 18.5 Å². The van der Waals surface area contributed by atoms with Gasteiger partial charge >= 0.3 is 0 Å². The molecule has 1 aliphatic carbocycles. The van der Waals surface area contributed by atoms with E-state index in [4.69, 9.17) is 11.6 Å². The van der Waals surface area contributed by atoms with Crippen LogP contribution in [0.25, 0.3) is 10.9 Å². The monoisotopic (exact) mass is 221 g/mol. The third-order valence-electron chi connectivity index (χ3n) is 3.12. The molecular formula is C11H12ClN3. The number of fused-ring (bicyclic) bond motifs is 1. The first-order chi connectivity index (χ1) is 7.34. The number of aromatic nitrogens is 3. The second kappa shape index (κ2) is 3.49. The lowest BCUT2D eigenvalue weighted by atomic mass is 10.2. The van der Waals surface area contributed by atoms with E-state index >= 15 is 0 Å². The summed E-state index contributed by atoms with van der Waals surface area (Å²) in [5.41, 5.74) is 1.11. The molecule has 2 aromatic rings. The number of nitrogens with zero attached hydrogens (tertiary/aromatic N) is 3. The Morgan fingerprint density at radius 2 is 2.07 bits per heavy atom. The van der Waals surface area contributed by atoms with Gasteiger partial charge < -0.3 is 0 Å². The first-order valence-electron chi connectivity index (χ1n) is 5.33. The summed E-state index contributed by atoms with van der Waals surface area (Å²) in [4.78, 5) is 4.06. The van der Waals surface area contributed by atoms with E-state index in [1.54, 1.807) is 6.20 Å². The fourth-order valence-corrected chi connectivity index (χ4v) is 2.51. The lowest BCUT2D eigenvalue weighted by Crippen LogP contribution is -2.05. The first-order valence-corrected chi connectivity index (χ1v) is 5.71. The average molecular weight is 222 g/mol. The summed E-state index contributed by atoms with van der Waals surface area (Å²) in [5.74, 6) is 0. The van der Waals surface area contributed by atoms with Crippen LogP contribution < -0.4 is 0 Å². The van der Waals surface area contributed by atoms with Gasteiger partial charge in [0.15, 0.2) is 0 Å². The van der Waals surface area contributed by atoms with Crippen molar-refractivity contribution >= 4 is 22.5 Å². The van der Waals surface area contributed by atoms with E-state index in [1.165, 1.54) is 25.7 Å². The summed E-state index contributed by atoms with van der Waals surface area (Å²) in [5, 5.41) is 6.06. The third kappa shape index (κ3) is 1.51. The minimum atomic E-state index is 0.544. The summed E-state index contributed by atoms with van der Waals surface area (Å²) in [6.45, 7) is 0. The van der Waals surface area contributed by atoms with Crippen LogP contribution >= 0.6 is 11.6 Å². The van der Waals surface area contributed by atoms with Gasteiger partial charge in [0.1, 0.15) is 5.15 Å². The Labute approximate surface area is 93.1 Å². The molecule has 0 aromatic carbocycles. The van der Waals surface area contributed by atoms with Crippen molar-refractivity contribution in [1.29, 1.82) is 0 Å². The molecule has 0 unspecified atom stereocenters. The number of hydrogen-bond acceptors (Lipinski definition) is 2. The normalized spacial score (nSPS) is 17.7. The molecule has 2 aromatic heterocycles. The molecule has 0 aliphatic heterocycles. The smallest absolute Gasteiger partial charge is 0.131 e. The average Bonchev–Trinajstić information content (AvgIpc) is 2.83. The Kier molecular flexibility index (Phi) is 2.13. The predicted octanol–water partition coefficient (Wildman–Crippen LogP) is 3.20. The van der Waals surface area contributed by atoms with Crippen LogP contribution in [-0.2, 0) is 0 Å². The lowest BCUT2D eigenvalue weighted by molar-refractivity contribution is 0.482. The van der Waals surface area contributed by atoms with Gasteiger partial charge in [-0.1, -0.05) is 24.4 Å². The summed E-state index contributed by atoms with van der Waals surface area (Å²) >= 11 is 5.90. The maximum Gasteiger partial charge on any atom is 0.131 e. The highest BCUT2D eigenvalue weighted by Crippen LogP contribution is 2.31. The van der Waals surface area contributed by atoms with Gasteiger partial charge in [0.25, 0.3) is 0 Å². The molecule has 0 bridgehead atoms. The molecule has 15 heavy (non-hydrogen) atoms. The minimum Gasteiger partial charge on any atom is -0.262 e. The predicted molar refractivity (Wildman–Crippen MR) is 60.0 cm³/mol. The Morgan fingerprint density at radius 3 is 2.87 bits per heavy atom. The molecule has 3 rings (SSSR count). The highest BCUT2D eigenvalue weighted by atomic mass is 35.5. The van der Waals surface area contributed by atoms with Gasteiger partial charge in [0.05, 0.1) is 17.8 Å². The standard InChI is InChI=1S/C11H12ClN3/c12-11-5-10-8(6-13-11)7-14-15(10)9-3-1-2-4-9/h5-7,9H,1-4H2. The second-order valence-electron chi connectivity index (χ2n) is 4.09. The van der Waals surface area contributed by atoms with E-state index in [0.717, 1.165) is 10.9 Å². The molecule has 0 saturated heterocycles. The molecule has 0 spiro atoms. The molecule has 1 aliphatic rings. The summed E-state index contributed by atoms with van der Waals surface area (Å²) < 4.78 is 2.11. The van der Waals surface area contributed by atoms with Crippen molar-refractivity contribution in [3.05, 3.63) is 23.6 Å². The maximum atomic E-state index is 5.90. The number of hydrogen-bond donors (Lipinski definition) is 0. The van der Waals surface area contributed by atoms with Crippen molar-refractivity contribution in [3.8, 4) is 0 Å². The van der Waals surface area contributed by atoms with Gasteiger partial charge in [-0.2, -0.15) is 5.10 Å². The Hall–Kier alpha value is -1.09. The van der Waals surface area contributed by atoms with E-state index in [0.29, 0.717) is 11.2 Å². The van der Waals surface area contributed by atoms with E-state index in [-0.39, 0.29) is 0 Å². The van der Waals surface area contributed by atoms with Crippen molar-refractivity contribution in [2.75, 3.05) is 0 Å². The van der Waals surface area contributed by atoms with Crippen molar-refractivity contribution < 1.29 is 0 Å². The van der Waals surface area contributed by atoms with Crippen LogP contribution in [0.1, 0.15) is 31.7 Å².